The van der Waals surface area contributed by atoms with Crippen molar-refractivity contribution in [3.63, 3.8) is 0 Å². The molecule has 1 N–H and O–H groups in total. The number of nitrogens with one attached hydrogen (secondary N) is 1. The fourth-order valence-corrected chi connectivity index (χ4v) is 5.50. The molecule has 1 aliphatic heterocycles. The molecule has 4 rings (SSSR count). The van der Waals surface area contributed by atoms with Gasteiger partial charge in [-0.25, -0.2) is 0 Å². The number of methoxy groups -OCH3 is 2. The summed E-state index contributed by atoms with van der Waals surface area (Å²) in [7, 11) is 4.80. The van der Waals surface area contributed by atoms with Crippen LogP contribution in [0.4, 0.5) is 5.69 Å². The van der Waals surface area contributed by atoms with Crippen molar-refractivity contribution in [1.29, 1.82) is 0 Å². The Morgan fingerprint density at radius 3 is 2.47 bits per heavy atom. The van der Waals surface area contributed by atoms with Crippen LogP contribution in [-0.4, -0.2) is 38.0 Å². The molecular formula is C24H23BrN2O4S. The van der Waals surface area contributed by atoms with Crippen LogP contribution in [0.1, 0.15) is 38.3 Å². The Labute approximate surface area is 199 Å². The van der Waals surface area contributed by atoms with Crippen LogP contribution < -0.4 is 14.8 Å². The number of thiophene rings is 1. The van der Waals surface area contributed by atoms with Gasteiger partial charge in [-0.05, 0) is 59.8 Å². The number of nitrogens with zero attached hydrogens (tertiary/aromatic N) is 1. The Morgan fingerprint density at radius 1 is 1.12 bits per heavy atom. The Kier molecular flexibility index (Phi) is 6.26. The maximum Gasteiger partial charge on any atom is 0.254 e. The first-order valence-corrected chi connectivity index (χ1v) is 11.7. The van der Waals surface area contributed by atoms with Crippen LogP contribution in [0.3, 0.4) is 0 Å². The Hall–Kier alpha value is -2.84. The summed E-state index contributed by atoms with van der Waals surface area (Å²) < 4.78 is 11.8. The van der Waals surface area contributed by atoms with E-state index in [0.717, 1.165) is 20.6 Å². The third-order valence-electron chi connectivity index (χ3n) is 5.74. The van der Waals surface area contributed by atoms with Gasteiger partial charge in [0.25, 0.3) is 5.91 Å². The standard InChI is InChI=1S/C24H23BrN2O4S/c1-13-10-14(25)7-8-17(13)26-23(28)21-15-11-18(30-3)19(31-4)12-16(15)24(29)27(2)22(21)20-6-5-9-32-20/h5-12,21-22H,1-4H3,(H,26,28)/t21-,22-/m0/s1. The maximum absolute atomic E-state index is 13.8. The number of ether oxygens (including phenoxy) is 2. The zero-order valence-electron chi connectivity index (χ0n) is 18.1. The molecule has 0 saturated carbocycles. The molecule has 0 spiro atoms. The molecule has 0 bridgehead atoms. The van der Waals surface area contributed by atoms with Crippen molar-refractivity contribution in [3.05, 3.63) is 73.9 Å². The largest absolute Gasteiger partial charge is 0.493 e. The van der Waals surface area contributed by atoms with Crippen molar-refractivity contribution in [2.75, 3.05) is 26.6 Å². The van der Waals surface area contributed by atoms with Crippen LogP contribution in [-0.2, 0) is 4.79 Å². The molecule has 3 aromatic rings. The van der Waals surface area contributed by atoms with Gasteiger partial charge in [-0.3, -0.25) is 9.59 Å². The van der Waals surface area contributed by atoms with E-state index < -0.39 is 12.0 Å². The molecule has 166 valence electrons. The smallest absolute Gasteiger partial charge is 0.254 e. The van der Waals surface area contributed by atoms with Gasteiger partial charge in [0.2, 0.25) is 5.91 Å². The van der Waals surface area contributed by atoms with E-state index in [0.29, 0.717) is 22.6 Å². The van der Waals surface area contributed by atoms with Crippen LogP contribution in [0, 0.1) is 6.92 Å². The normalized spacial score (nSPS) is 17.7. The Balaban J connectivity index is 1.86. The Morgan fingerprint density at radius 2 is 1.84 bits per heavy atom. The van der Waals surface area contributed by atoms with Gasteiger partial charge in [-0.15, -0.1) is 11.3 Å². The molecule has 0 aliphatic carbocycles. The second-order valence-corrected chi connectivity index (χ2v) is 9.49. The number of carbonyl (C=O) groups excluding carboxylic acids is 2. The zero-order valence-corrected chi connectivity index (χ0v) is 20.5. The number of fused-ring (bicyclic) bond motifs is 1. The molecule has 0 fully saturated rings. The molecule has 0 saturated heterocycles. The minimum atomic E-state index is -0.630. The summed E-state index contributed by atoms with van der Waals surface area (Å²) in [4.78, 5) is 29.6. The average molecular weight is 515 g/mol. The van der Waals surface area contributed by atoms with Crippen LogP contribution in [0.2, 0.25) is 0 Å². The molecule has 2 heterocycles. The number of likely N-dealkylation sites (N-methyl/N-ethyl adjacent to an activating group) is 1. The quantitative estimate of drug-likeness (QED) is 0.495. The third kappa shape index (κ3) is 3.89. The van der Waals surface area contributed by atoms with Gasteiger partial charge in [0, 0.05) is 27.6 Å². The van der Waals surface area contributed by atoms with Crippen molar-refractivity contribution in [3.8, 4) is 11.5 Å². The highest BCUT2D eigenvalue weighted by molar-refractivity contribution is 9.10. The van der Waals surface area contributed by atoms with Crippen LogP contribution >= 0.6 is 27.3 Å². The molecule has 6 nitrogen and oxygen atoms in total. The molecule has 2 atom stereocenters. The summed E-state index contributed by atoms with van der Waals surface area (Å²) in [6, 6.07) is 12.5. The summed E-state index contributed by atoms with van der Waals surface area (Å²) in [5.41, 5.74) is 2.72. The fourth-order valence-electron chi connectivity index (χ4n) is 4.12. The molecule has 8 heteroatoms. The number of hydrogen-bond acceptors (Lipinski definition) is 5. The van der Waals surface area contributed by atoms with Gasteiger partial charge < -0.3 is 19.7 Å². The van der Waals surface area contributed by atoms with Gasteiger partial charge in [-0.2, -0.15) is 0 Å². The molecule has 1 aromatic heterocycles. The number of halogens is 1. The third-order valence-corrected chi connectivity index (χ3v) is 7.17. The van der Waals surface area contributed by atoms with Crippen LogP contribution in [0.15, 0.2) is 52.3 Å². The highest BCUT2D eigenvalue weighted by Gasteiger charge is 2.44. The topological polar surface area (TPSA) is 67.9 Å². The number of carbonyl (C=O) groups is 2. The van der Waals surface area contributed by atoms with E-state index in [9.17, 15) is 9.59 Å². The fraction of sp³-hybridized carbons (Fsp3) is 0.250. The lowest BCUT2D eigenvalue weighted by atomic mass is 9.81. The van der Waals surface area contributed by atoms with E-state index in [-0.39, 0.29) is 11.8 Å². The predicted octanol–water partition coefficient (Wildman–Crippen LogP) is 5.39. The van der Waals surface area contributed by atoms with Gasteiger partial charge in [-0.1, -0.05) is 22.0 Å². The predicted molar refractivity (Wildman–Crippen MR) is 129 cm³/mol. The number of hydrogen-bond donors (Lipinski definition) is 1. The first-order chi connectivity index (χ1) is 15.3. The molecule has 1 aliphatic rings. The van der Waals surface area contributed by atoms with E-state index in [4.69, 9.17) is 9.47 Å². The SMILES string of the molecule is COc1cc2c(cc1OC)[C@H](C(=O)Nc1ccc(Br)cc1C)[C@H](c1cccs1)N(C)C2=O. The lowest BCUT2D eigenvalue weighted by Gasteiger charge is -2.39. The van der Waals surface area contributed by atoms with Gasteiger partial charge in [0.1, 0.15) is 0 Å². The number of amides is 2. The number of rotatable bonds is 5. The van der Waals surface area contributed by atoms with E-state index in [2.05, 4.69) is 21.2 Å². The van der Waals surface area contributed by atoms with E-state index in [1.807, 2.05) is 42.6 Å². The lowest BCUT2D eigenvalue weighted by Crippen LogP contribution is -2.43. The van der Waals surface area contributed by atoms with E-state index in [1.54, 1.807) is 24.1 Å². The number of anilines is 1. The summed E-state index contributed by atoms with van der Waals surface area (Å²) in [6.07, 6.45) is 0. The van der Waals surface area contributed by atoms with Crippen molar-refractivity contribution in [2.45, 2.75) is 18.9 Å². The van der Waals surface area contributed by atoms with E-state index in [1.165, 1.54) is 25.6 Å². The van der Waals surface area contributed by atoms with Gasteiger partial charge >= 0.3 is 0 Å². The van der Waals surface area contributed by atoms with Crippen molar-refractivity contribution in [2.24, 2.45) is 0 Å². The lowest BCUT2D eigenvalue weighted by molar-refractivity contribution is -0.119. The van der Waals surface area contributed by atoms with Crippen LogP contribution in [0.25, 0.3) is 0 Å². The maximum atomic E-state index is 13.8. The molecular weight excluding hydrogens is 492 g/mol. The summed E-state index contributed by atoms with van der Waals surface area (Å²) >= 11 is 4.98. The first-order valence-electron chi connectivity index (χ1n) is 9.99. The Bertz CT molecular complexity index is 1180. The monoisotopic (exact) mass is 514 g/mol. The van der Waals surface area contributed by atoms with Crippen molar-refractivity contribution < 1.29 is 19.1 Å². The molecule has 0 radical (unpaired) electrons. The van der Waals surface area contributed by atoms with Crippen molar-refractivity contribution in [1.82, 2.24) is 4.90 Å². The van der Waals surface area contributed by atoms with Gasteiger partial charge in [0.05, 0.1) is 26.2 Å². The molecule has 32 heavy (non-hydrogen) atoms. The van der Waals surface area contributed by atoms with Crippen LogP contribution in [0.5, 0.6) is 11.5 Å². The second-order valence-electron chi connectivity index (χ2n) is 7.60. The summed E-state index contributed by atoms with van der Waals surface area (Å²) in [6.45, 7) is 1.94. The minimum Gasteiger partial charge on any atom is -0.493 e. The number of aryl methyl sites for hydroxylation is 1. The molecule has 2 aromatic carbocycles. The molecule has 0 unspecified atom stereocenters. The second kappa shape index (κ2) is 8.96. The summed E-state index contributed by atoms with van der Waals surface area (Å²) in [5, 5.41) is 5.03. The highest BCUT2D eigenvalue weighted by Crippen LogP contribution is 2.47. The van der Waals surface area contributed by atoms with Gasteiger partial charge in [0.15, 0.2) is 11.5 Å². The summed E-state index contributed by atoms with van der Waals surface area (Å²) in [5.74, 6) is -0.0595. The minimum absolute atomic E-state index is 0.164. The molecule has 2 amide bonds. The first kappa shape index (κ1) is 22.4. The van der Waals surface area contributed by atoms with E-state index >= 15 is 0 Å². The van der Waals surface area contributed by atoms with Crippen molar-refractivity contribution >= 4 is 44.8 Å². The number of benzene rings is 2. The highest BCUT2D eigenvalue weighted by atomic mass is 79.9. The average Bonchev–Trinajstić information content (AvgIpc) is 3.31. The zero-order chi connectivity index (χ0) is 23.0.